The van der Waals surface area contributed by atoms with Gasteiger partial charge in [0.05, 0.1) is 30.6 Å². The van der Waals surface area contributed by atoms with Crippen LogP contribution in [0.3, 0.4) is 0 Å². The lowest BCUT2D eigenvalue weighted by Crippen LogP contribution is -2.13. The quantitative estimate of drug-likeness (QED) is 0.427. The molecule has 1 heterocycles. The Morgan fingerprint density at radius 3 is 2.80 bits per heavy atom. The minimum Gasteiger partial charge on any atom is -0.490 e. The second kappa shape index (κ2) is 9.24. The van der Waals surface area contributed by atoms with Crippen LogP contribution in [-0.4, -0.2) is 37.5 Å². The fourth-order valence-electron chi connectivity index (χ4n) is 1.79. The van der Waals surface area contributed by atoms with Crippen LogP contribution in [0.2, 0.25) is 5.02 Å². The fraction of sp³-hybridized carbons (Fsp3) is 0.312. The molecule has 0 saturated heterocycles. The molecule has 25 heavy (non-hydrogen) atoms. The summed E-state index contributed by atoms with van der Waals surface area (Å²) < 4.78 is 15.5. The summed E-state index contributed by atoms with van der Waals surface area (Å²) in [5.74, 6) is 0.326. The van der Waals surface area contributed by atoms with Gasteiger partial charge in [-0.1, -0.05) is 11.6 Å². The van der Waals surface area contributed by atoms with Gasteiger partial charge in [0.15, 0.2) is 18.1 Å². The highest BCUT2D eigenvalue weighted by Gasteiger charge is 2.12. The molecule has 0 unspecified atom stereocenters. The van der Waals surface area contributed by atoms with Crippen LogP contribution in [0.5, 0.6) is 11.5 Å². The molecule has 1 N–H and O–H groups in total. The zero-order valence-corrected chi connectivity index (χ0v) is 15.6. The molecule has 0 spiro atoms. The van der Waals surface area contributed by atoms with Gasteiger partial charge >= 0.3 is 5.97 Å². The Balaban J connectivity index is 2.14. The Bertz CT molecular complexity index is 764. The van der Waals surface area contributed by atoms with E-state index in [4.69, 9.17) is 21.1 Å². The van der Waals surface area contributed by atoms with Gasteiger partial charge in [0, 0.05) is 17.0 Å². The van der Waals surface area contributed by atoms with Crippen molar-refractivity contribution in [2.75, 3.05) is 25.7 Å². The second-order valence-electron chi connectivity index (χ2n) is 4.78. The van der Waals surface area contributed by atoms with Crippen molar-refractivity contribution in [3.05, 3.63) is 33.8 Å². The van der Waals surface area contributed by atoms with Crippen molar-refractivity contribution < 1.29 is 19.0 Å². The van der Waals surface area contributed by atoms with E-state index in [-0.39, 0.29) is 6.61 Å². The summed E-state index contributed by atoms with van der Waals surface area (Å²) >= 11 is 7.71. The van der Waals surface area contributed by atoms with Crippen molar-refractivity contribution in [3.8, 4) is 11.5 Å². The molecule has 0 aliphatic rings. The minimum atomic E-state index is -0.493. The van der Waals surface area contributed by atoms with Crippen LogP contribution in [-0.2, 0) is 9.53 Å². The minimum absolute atomic E-state index is 0.231. The summed E-state index contributed by atoms with van der Waals surface area (Å²) in [6, 6.07) is 3.26. The van der Waals surface area contributed by atoms with E-state index in [1.165, 1.54) is 18.4 Å². The average Bonchev–Trinajstić information content (AvgIpc) is 3.01. The molecule has 1 aromatic heterocycles. The van der Waals surface area contributed by atoms with E-state index in [1.807, 2.05) is 19.2 Å². The van der Waals surface area contributed by atoms with E-state index in [0.29, 0.717) is 33.8 Å². The number of aromatic nitrogens is 1. The Labute approximate surface area is 154 Å². The van der Waals surface area contributed by atoms with Crippen molar-refractivity contribution in [3.63, 3.8) is 0 Å². The maximum Gasteiger partial charge on any atom is 0.343 e. The lowest BCUT2D eigenvalue weighted by atomic mass is 10.2. The first kappa shape index (κ1) is 19.0. The van der Waals surface area contributed by atoms with Crippen LogP contribution >= 0.6 is 22.9 Å². The molecule has 0 aliphatic heterocycles. The van der Waals surface area contributed by atoms with Crippen LogP contribution in [0.1, 0.15) is 18.2 Å². The van der Waals surface area contributed by atoms with Gasteiger partial charge in [0.2, 0.25) is 5.13 Å². The maximum atomic E-state index is 11.2. The molecular weight excluding hydrogens is 366 g/mol. The molecule has 134 valence electrons. The molecule has 0 atom stereocenters. The number of aryl methyl sites for hydroxylation is 1. The lowest BCUT2D eigenvalue weighted by molar-refractivity contribution is -0.142. The Morgan fingerprint density at radius 2 is 2.16 bits per heavy atom. The Hall–Kier alpha value is -2.32. The number of hydrogen-bond donors (Lipinski definition) is 1. The van der Waals surface area contributed by atoms with E-state index in [1.54, 1.807) is 18.3 Å². The Kier molecular flexibility index (Phi) is 7.03. The van der Waals surface area contributed by atoms with Crippen LogP contribution in [0, 0.1) is 6.92 Å². The predicted octanol–water partition coefficient (Wildman–Crippen LogP) is 3.50. The fourth-order valence-corrected chi connectivity index (χ4v) is 2.63. The van der Waals surface area contributed by atoms with Crippen molar-refractivity contribution >= 4 is 40.3 Å². The molecule has 2 rings (SSSR count). The van der Waals surface area contributed by atoms with Gasteiger partial charge < -0.3 is 14.2 Å². The van der Waals surface area contributed by atoms with Gasteiger partial charge in [-0.25, -0.2) is 9.78 Å². The molecule has 2 aromatic rings. The first-order chi connectivity index (χ1) is 12.0. The van der Waals surface area contributed by atoms with Crippen molar-refractivity contribution in [1.29, 1.82) is 0 Å². The molecular formula is C16H18ClN3O4S. The number of rotatable bonds is 8. The van der Waals surface area contributed by atoms with Crippen LogP contribution in [0.15, 0.2) is 22.6 Å². The largest absolute Gasteiger partial charge is 0.490 e. The number of benzene rings is 1. The molecule has 1 aromatic carbocycles. The van der Waals surface area contributed by atoms with E-state index < -0.39 is 5.97 Å². The topological polar surface area (TPSA) is 82.0 Å². The molecule has 0 amide bonds. The molecule has 0 bridgehead atoms. The molecule has 0 fully saturated rings. The third kappa shape index (κ3) is 5.61. The van der Waals surface area contributed by atoms with E-state index in [2.05, 4.69) is 20.2 Å². The summed E-state index contributed by atoms with van der Waals surface area (Å²) in [4.78, 5) is 15.5. The smallest absolute Gasteiger partial charge is 0.343 e. The number of methoxy groups -OCH3 is 1. The van der Waals surface area contributed by atoms with Gasteiger partial charge in [-0.15, -0.1) is 11.3 Å². The summed E-state index contributed by atoms with van der Waals surface area (Å²) in [5, 5.41) is 7.14. The van der Waals surface area contributed by atoms with Gasteiger partial charge in [0.25, 0.3) is 0 Å². The number of nitrogens with zero attached hydrogens (tertiary/aromatic N) is 2. The summed E-state index contributed by atoms with van der Waals surface area (Å²) in [5.41, 5.74) is 4.40. The highest BCUT2D eigenvalue weighted by atomic mass is 35.5. The number of halogens is 1. The first-order valence-corrected chi connectivity index (χ1v) is 8.66. The SMILES string of the molecule is CCOc1cc(C=NNc2nc(C)cs2)c(Cl)cc1OCC(=O)OC. The number of carbonyl (C=O) groups is 1. The molecule has 7 nitrogen and oxygen atoms in total. The molecule has 0 aliphatic carbocycles. The zero-order valence-electron chi connectivity index (χ0n) is 14.0. The highest BCUT2D eigenvalue weighted by molar-refractivity contribution is 7.13. The highest BCUT2D eigenvalue weighted by Crippen LogP contribution is 2.33. The molecule has 0 radical (unpaired) electrons. The summed E-state index contributed by atoms with van der Waals surface area (Å²) in [6.07, 6.45) is 1.56. The third-order valence-corrected chi connectivity index (χ3v) is 4.11. The van der Waals surface area contributed by atoms with Gasteiger partial charge in [-0.2, -0.15) is 5.10 Å². The van der Waals surface area contributed by atoms with Crippen molar-refractivity contribution in [2.24, 2.45) is 5.10 Å². The number of ether oxygens (including phenoxy) is 3. The van der Waals surface area contributed by atoms with Crippen LogP contribution in [0.4, 0.5) is 5.13 Å². The Morgan fingerprint density at radius 1 is 1.40 bits per heavy atom. The number of hydrogen-bond acceptors (Lipinski definition) is 8. The van der Waals surface area contributed by atoms with Crippen molar-refractivity contribution in [1.82, 2.24) is 4.98 Å². The lowest BCUT2D eigenvalue weighted by Gasteiger charge is -2.13. The number of anilines is 1. The number of thiazole rings is 1. The van der Waals surface area contributed by atoms with E-state index in [0.717, 1.165) is 5.69 Å². The summed E-state index contributed by atoms with van der Waals surface area (Å²) in [7, 11) is 1.29. The van der Waals surface area contributed by atoms with Gasteiger partial charge in [-0.3, -0.25) is 5.43 Å². The van der Waals surface area contributed by atoms with Crippen LogP contribution in [0.25, 0.3) is 0 Å². The monoisotopic (exact) mass is 383 g/mol. The normalized spacial score (nSPS) is 10.7. The number of esters is 1. The predicted molar refractivity (Wildman–Crippen MR) is 98.2 cm³/mol. The van der Waals surface area contributed by atoms with Crippen molar-refractivity contribution in [2.45, 2.75) is 13.8 Å². The first-order valence-electron chi connectivity index (χ1n) is 7.40. The van der Waals surface area contributed by atoms with Gasteiger partial charge in [0.1, 0.15) is 0 Å². The number of carbonyl (C=O) groups excluding carboxylic acids is 1. The van der Waals surface area contributed by atoms with Gasteiger partial charge in [-0.05, 0) is 19.9 Å². The molecule has 0 saturated carbocycles. The molecule has 9 heteroatoms. The average molecular weight is 384 g/mol. The van der Waals surface area contributed by atoms with Crippen LogP contribution < -0.4 is 14.9 Å². The van der Waals surface area contributed by atoms with E-state index in [9.17, 15) is 4.79 Å². The third-order valence-electron chi connectivity index (χ3n) is 2.92. The number of nitrogens with one attached hydrogen (secondary N) is 1. The second-order valence-corrected chi connectivity index (χ2v) is 6.05. The summed E-state index contributed by atoms with van der Waals surface area (Å²) in [6.45, 7) is 3.96. The zero-order chi connectivity index (χ0) is 18.2. The number of hydrazone groups is 1. The maximum absolute atomic E-state index is 11.2. The van der Waals surface area contributed by atoms with E-state index >= 15 is 0 Å². The standard InChI is InChI=1S/C16H18ClN3O4S/c1-4-23-13-5-11(7-18-20-16-19-10(2)9-25-16)12(17)6-14(13)24-8-15(21)22-3/h5-7,9H,4,8H2,1-3H3,(H,19,20).